The number of ether oxygens (including phenoxy) is 1. The van der Waals surface area contributed by atoms with E-state index in [-0.39, 0.29) is 0 Å². The summed E-state index contributed by atoms with van der Waals surface area (Å²) in [5.41, 5.74) is 2.80. The maximum atomic E-state index is 5.84. The van der Waals surface area contributed by atoms with E-state index in [0.29, 0.717) is 0 Å². The lowest BCUT2D eigenvalue weighted by Crippen LogP contribution is -2.02. The molecule has 0 heterocycles. The minimum absolute atomic E-state index is 0.779. The van der Waals surface area contributed by atoms with Gasteiger partial charge in [0.05, 0.1) is 6.61 Å². The summed E-state index contributed by atoms with van der Waals surface area (Å²) in [5.74, 6) is 1.79. The molecule has 0 unspecified atom stereocenters. The summed E-state index contributed by atoms with van der Waals surface area (Å²) in [7, 11) is 0. The molecule has 0 aliphatic rings. The van der Waals surface area contributed by atoms with Gasteiger partial charge in [0.1, 0.15) is 5.75 Å². The third-order valence-electron chi connectivity index (χ3n) is 4.32. The molecule has 0 aromatic heterocycles. The minimum Gasteiger partial charge on any atom is -0.494 e. The molecular weight excluding hydrogens is 268 g/mol. The van der Waals surface area contributed by atoms with Crippen LogP contribution < -0.4 is 4.74 Å². The molecule has 2 aromatic carbocycles. The molecular formula is C21H28O. The van der Waals surface area contributed by atoms with Crippen LogP contribution in [-0.4, -0.2) is 6.61 Å². The first-order valence-electron chi connectivity index (χ1n) is 8.57. The molecule has 118 valence electrons. The average molecular weight is 296 g/mol. The Morgan fingerprint density at radius 2 is 1.50 bits per heavy atom. The molecule has 0 aliphatic carbocycles. The van der Waals surface area contributed by atoms with Crippen LogP contribution in [0.3, 0.4) is 0 Å². The van der Waals surface area contributed by atoms with Crippen LogP contribution in [0.1, 0.15) is 44.2 Å². The van der Waals surface area contributed by atoms with Gasteiger partial charge in [-0.2, -0.15) is 0 Å². The van der Waals surface area contributed by atoms with E-state index in [0.717, 1.165) is 31.1 Å². The maximum Gasteiger partial charge on any atom is 0.119 e. The van der Waals surface area contributed by atoms with E-state index in [9.17, 15) is 0 Å². The molecule has 0 amide bonds. The predicted molar refractivity (Wildman–Crippen MR) is 94.5 cm³/mol. The molecule has 1 heteroatoms. The molecule has 0 N–H and O–H groups in total. The number of hydrogen-bond acceptors (Lipinski definition) is 1. The van der Waals surface area contributed by atoms with E-state index in [1.807, 2.05) is 0 Å². The standard InChI is InChI=1S/C21H28O/c1-3-18(4-2)17-20-12-14-21(15-13-20)22-16-8-11-19-9-6-5-7-10-19/h5-7,9-10,12-15,18H,3-4,8,11,16-17H2,1-2H3. The van der Waals surface area contributed by atoms with Crippen LogP contribution in [0, 0.1) is 5.92 Å². The molecule has 2 aromatic rings. The van der Waals surface area contributed by atoms with E-state index in [2.05, 4.69) is 68.4 Å². The summed E-state index contributed by atoms with van der Waals surface area (Å²) in [6.07, 6.45) is 5.83. The van der Waals surface area contributed by atoms with Gasteiger partial charge in [-0.1, -0.05) is 69.2 Å². The van der Waals surface area contributed by atoms with Gasteiger partial charge in [0.2, 0.25) is 0 Å². The van der Waals surface area contributed by atoms with Crippen LogP contribution in [-0.2, 0) is 12.8 Å². The lowest BCUT2D eigenvalue weighted by Gasteiger charge is -2.12. The Bertz CT molecular complexity index is 511. The highest BCUT2D eigenvalue weighted by Gasteiger charge is 2.05. The van der Waals surface area contributed by atoms with Crippen molar-refractivity contribution in [3.8, 4) is 5.75 Å². The van der Waals surface area contributed by atoms with Gasteiger partial charge in [-0.3, -0.25) is 0 Å². The Morgan fingerprint density at radius 1 is 0.818 bits per heavy atom. The zero-order valence-electron chi connectivity index (χ0n) is 13.9. The molecule has 0 radical (unpaired) electrons. The third-order valence-corrected chi connectivity index (χ3v) is 4.32. The highest BCUT2D eigenvalue weighted by atomic mass is 16.5. The maximum absolute atomic E-state index is 5.84. The first kappa shape index (κ1) is 16.6. The zero-order chi connectivity index (χ0) is 15.6. The van der Waals surface area contributed by atoms with Gasteiger partial charge in [-0.15, -0.1) is 0 Å². The normalized spacial score (nSPS) is 10.9. The van der Waals surface area contributed by atoms with Crippen molar-refractivity contribution in [3.05, 3.63) is 65.7 Å². The molecule has 0 aliphatic heterocycles. The monoisotopic (exact) mass is 296 g/mol. The predicted octanol–water partition coefficient (Wildman–Crippen LogP) is 5.68. The summed E-state index contributed by atoms with van der Waals surface area (Å²) in [5, 5.41) is 0. The van der Waals surface area contributed by atoms with Crippen molar-refractivity contribution in [1.82, 2.24) is 0 Å². The van der Waals surface area contributed by atoms with Gasteiger partial charge in [-0.05, 0) is 48.4 Å². The number of aryl methyl sites for hydroxylation is 1. The first-order valence-corrected chi connectivity index (χ1v) is 8.57. The van der Waals surface area contributed by atoms with Crippen molar-refractivity contribution in [2.24, 2.45) is 5.92 Å². The van der Waals surface area contributed by atoms with Crippen molar-refractivity contribution in [2.45, 2.75) is 46.0 Å². The average Bonchev–Trinajstić information content (AvgIpc) is 2.58. The summed E-state index contributed by atoms with van der Waals surface area (Å²) >= 11 is 0. The molecule has 22 heavy (non-hydrogen) atoms. The first-order chi connectivity index (χ1) is 10.8. The SMILES string of the molecule is CCC(CC)Cc1ccc(OCCCc2ccccc2)cc1. The van der Waals surface area contributed by atoms with E-state index in [4.69, 9.17) is 4.74 Å². The molecule has 2 rings (SSSR count). The molecule has 0 spiro atoms. The second-order valence-corrected chi connectivity index (χ2v) is 5.97. The van der Waals surface area contributed by atoms with Crippen LogP contribution in [0.15, 0.2) is 54.6 Å². The van der Waals surface area contributed by atoms with E-state index >= 15 is 0 Å². The van der Waals surface area contributed by atoms with E-state index < -0.39 is 0 Å². The highest BCUT2D eigenvalue weighted by Crippen LogP contribution is 2.18. The molecule has 0 bridgehead atoms. The second kappa shape index (κ2) is 9.30. The van der Waals surface area contributed by atoms with Crippen molar-refractivity contribution in [1.29, 1.82) is 0 Å². The van der Waals surface area contributed by atoms with Crippen molar-refractivity contribution < 1.29 is 4.74 Å². The number of benzene rings is 2. The van der Waals surface area contributed by atoms with Crippen LogP contribution in [0.25, 0.3) is 0 Å². The zero-order valence-corrected chi connectivity index (χ0v) is 13.9. The molecule has 1 nitrogen and oxygen atoms in total. The lowest BCUT2D eigenvalue weighted by atomic mass is 9.95. The Labute approximate surface area is 135 Å². The van der Waals surface area contributed by atoms with E-state index in [1.165, 1.54) is 30.4 Å². The fraction of sp³-hybridized carbons (Fsp3) is 0.429. The van der Waals surface area contributed by atoms with Crippen LogP contribution in [0.4, 0.5) is 0 Å². The molecule has 0 fully saturated rings. The Hall–Kier alpha value is -1.76. The minimum atomic E-state index is 0.779. The largest absolute Gasteiger partial charge is 0.494 e. The quantitative estimate of drug-likeness (QED) is 0.541. The van der Waals surface area contributed by atoms with Crippen molar-refractivity contribution >= 4 is 0 Å². The van der Waals surface area contributed by atoms with Crippen molar-refractivity contribution in [3.63, 3.8) is 0 Å². The number of rotatable bonds is 9. The Kier molecular flexibility index (Phi) is 7.02. The van der Waals surface area contributed by atoms with Gasteiger partial charge in [0, 0.05) is 0 Å². The fourth-order valence-electron chi connectivity index (χ4n) is 2.74. The van der Waals surface area contributed by atoms with Gasteiger partial charge in [0.15, 0.2) is 0 Å². The summed E-state index contributed by atoms with van der Waals surface area (Å²) in [6, 6.07) is 19.2. The smallest absolute Gasteiger partial charge is 0.119 e. The highest BCUT2D eigenvalue weighted by molar-refractivity contribution is 5.27. The Morgan fingerprint density at radius 3 is 2.14 bits per heavy atom. The van der Waals surface area contributed by atoms with Crippen LogP contribution in [0.5, 0.6) is 5.75 Å². The van der Waals surface area contributed by atoms with Gasteiger partial charge >= 0.3 is 0 Å². The third kappa shape index (κ3) is 5.55. The van der Waals surface area contributed by atoms with Crippen LogP contribution >= 0.6 is 0 Å². The molecule has 0 saturated carbocycles. The molecule has 0 saturated heterocycles. The number of hydrogen-bond donors (Lipinski definition) is 0. The van der Waals surface area contributed by atoms with Gasteiger partial charge < -0.3 is 4.74 Å². The van der Waals surface area contributed by atoms with Crippen LogP contribution in [0.2, 0.25) is 0 Å². The van der Waals surface area contributed by atoms with Gasteiger partial charge in [0.25, 0.3) is 0 Å². The summed E-state index contributed by atoms with van der Waals surface area (Å²) in [4.78, 5) is 0. The molecule has 0 atom stereocenters. The summed E-state index contributed by atoms with van der Waals surface area (Å²) < 4.78 is 5.84. The second-order valence-electron chi connectivity index (χ2n) is 5.97. The topological polar surface area (TPSA) is 9.23 Å². The lowest BCUT2D eigenvalue weighted by molar-refractivity contribution is 0.311. The summed E-state index contributed by atoms with van der Waals surface area (Å²) in [6.45, 7) is 5.33. The van der Waals surface area contributed by atoms with Crippen molar-refractivity contribution in [2.75, 3.05) is 6.61 Å². The Balaban J connectivity index is 1.72. The van der Waals surface area contributed by atoms with Gasteiger partial charge in [-0.25, -0.2) is 0 Å². The van der Waals surface area contributed by atoms with E-state index in [1.54, 1.807) is 0 Å². The fourth-order valence-corrected chi connectivity index (χ4v) is 2.74.